The van der Waals surface area contributed by atoms with Gasteiger partial charge in [-0.25, -0.2) is 0 Å². The minimum absolute atomic E-state index is 0.0711. The standard InChI is InChI=1S/C20H21ClN2O/c1-4-23-14(3)13(2)18-11-16(8-9-19(18)23)20(24)22-12-15-6-5-7-17(21)10-15/h5-11H,4,12H2,1-3H3,(H,22,24). The molecule has 1 aromatic heterocycles. The third-order valence-corrected chi connectivity index (χ3v) is 4.79. The lowest BCUT2D eigenvalue weighted by atomic mass is 10.1. The average Bonchev–Trinajstić information content (AvgIpc) is 2.83. The molecule has 0 atom stereocenters. The molecule has 0 unspecified atom stereocenters. The summed E-state index contributed by atoms with van der Waals surface area (Å²) in [6, 6.07) is 13.4. The minimum Gasteiger partial charge on any atom is -0.348 e. The van der Waals surface area contributed by atoms with Gasteiger partial charge < -0.3 is 9.88 Å². The van der Waals surface area contributed by atoms with Crippen LogP contribution >= 0.6 is 11.6 Å². The van der Waals surface area contributed by atoms with Crippen LogP contribution in [0.25, 0.3) is 10.9 Å². The molecular formula is C20H21ClN2O. The molecule has 0 aliphatic heterocycles. The Hall–Kier alpha value is -2.26. The zero-order chi connectivity index (χ0) is 17.3. The van der Waals surface area contributed by atoms with Gasteiger partial charge in [-0.2, -0.15) is 0 Å². The van der Waals surface area contributed by atoms with Crippen molar-refractivity contribution in [2.75, 3.05) is 0 Å². The highest BCUT2D eigenvalue weighted by molar-refractivity contribution is 6.30. The van der Waals surface area contributed by atoms with Crippen LogP contribution in [-0.4, -0.2) is 10.5 Å². The number of halogens is 1. The Morgan fingerprint density at radius 3 is 2.67 bits per heavy atom. The maximum Gasteiger partial charge on any atom is 0.251 e. The molecule has 0 aliphatic carbocycles. The molecule has 0 spiro atoms. The maximum absolute atomic E-state index is 12.5. The molecule has 0 radical (unpaired) electrons. The summed E-state index contributed by atoms with van der Waals surface area (Å²) in [6.07, 6.45) is 0. The topological polar surface area (TPSA) is 34.0 Å². The Morgan fingerprint density at radius 1 is 1.17 bits per heavy atom. The molecule has 1 heterocycles. The van der Waals surface area contributed by atoms with Gasteiger partial charge in [-0.05, 0) is 62.2 Å². The highest BCUT2D eigenvalue weighted by Gasteiger charge is 2.13. The summed E-state index contributed by atoms with van der Waals surface area (Å²) >= 11 is 5.98. The summed E-state index contributed by atoms with van der Waals surface area (Å²) in [5, 5.41) is 4.78. The van der Waals surface area contributed by atoms with Gasteiger partial charge in [0.05, 0.1) is 0 Å². The lowest BCUT2D eigenvalue weighted by molar-refractivity contribution is 0.0951. The van der Waals surface area contributed by atoms with Crippen molar-refractivity contribution < 1.29 is 4.79 Å². The van der Waals surface area contributed by atoms with E-state index in [1.807, 2.05) is 42.5 Å². The molecule has 3 aromatic rings. The Kier molecular flexibility index (Phi) is 4.63. The summed E-state index contributed by atoms with van der Waals surface area (Å²) in [4.78, 5) is 12.5. The summed E-state index contributed by atoms with van der Waals surface area (Å²) < 4.78 is 2.28. The number of aromatic nitrogens is 1. The van der Waals surface area contributed by atoms with Crippen molar-refractivity contribution in [3.05, 3.63) is 69.9 Å². The van der Waals surface area contributed by atoms with Crippen LogP contribution < -0.4 is 5.32 Å². The molecule has 3 rings (SSSR count). The minimum atomic E-state index is -0.0711. The third kappa shape index (κ3) is 3.04. The van der Waals surface area contributed by atoms with E-state index in [4.69, 9.17) is 11.6 Å². The van der Waals surface area contributed by atoms with Crippen LogP contribution in [0.2, 0.25) is 5.02 Å². The smallest absolute Gasteiger partial charge is 0.251 e. The Labute approximate surface area is 147 Å². The van der Waals surface area contributed by atoms with Crippen LogP contribution in [0.5, 0.6) is 0 Å². The van der Waals surface area contributed by atoms with Crippen molar-refractivity contribution in [1.29, 1.82) is 0 Å². The number of hydrogen-bond donors (Lipinski definition) is 1. The monoisotopic (exact) mass is 340 g/mol. The van der Waals surface area contributed by atoms with Crippen molar-refractivity contribution in [3.8, 4) is 0 Å². The number of aryl methyl sites for hydroxylation is 2. The first-order valence-electron chi connectivity index (χ1n) is 8.13. The van der Waals surface area contributed by atoms with Gasteiger partial charge in [-0.3, -0.25) is 4.79 Å². The number of hydrogen-bond acceptors (Lipinski definition) is 1. The largest absolute Gasteiger partial charge is 0.348 e. The van der Waals surface area contributed by atoms with E-state index in [-0.39, 0.29) is 5.91 Å². The number of nitrogens with zero attached hydrogens (tertiary/aromatic N) is 1. The second-order valence-electron chi connectivity index (χ2n) is 6.00. The van der Waals surface area contributed by atoms with Crippen LogP contribution in [0.1, 0.15) is 34.1 Å². The van der Waals surface area contributed by atoms with E-state index in [9.17, 15) is 4.79 Å². The summed E-state index contributed by atoms with van der Waals surface area (Å²) in [5.41, 5.74) is 5.33. The van der Waals surface area contributed by atoms with Crippen LogP contribution in [0.15, 0.2) is 42.5 Å². The molecule has 4 heteroatoms. The molecule has 0 saturated heterocycles. The van der Waals surface area contributed by atoms with E-state index in [1.54, 1.807) is 0 Å². The molecule has 3 nitrogen and oxygen atoms in total. The first-order chi connectivity index (χ1) is 11.5. The Balaban J connectivity index is 1.84. The lowest BCUT2D eigenvalue weighted by Gasteiger charge is -2.07. The molecular weight excluding hydrogens is 320 g/mol. The first-order valence-corrected chi connectivity index (χ1v) is 8.51. The summed E-state index contributed by atoms with van der Waals surface area (Å²) in [5.74, 6) is -0.0711. The van der Waals surface area contributed by atoms with Crippen molar-refractivity contribution in [1.82, 2.24) is 9.88 Å². The molecule has 0 fully saturated rings. The van der Waals surface area contributed by atoms with Gasteiger partial charge in [-0.15, -0.1) is 0 Å². The molecule has 0 bridgehead atoms. The molecule has 1 amide bonds. The van der Waals surface area contributed by atoms with Gasteiger partial charge in [0.15, 0.2) is 0 Å². The van der Waals surface area contributed by atoms with E-state index >= 15 is 0 Å². The van der Waals surface area contributed by atoms with E-state index in [0.717, 1.165) is 17.5 Å². The molecule has 124 valence electrons. The van der Waals surface area contributed by atoms with Gasteiger partial charge >= 0.3 is 0 Å². The van der Waals surface area contributed by atoms with Gasteiger partial charge in [0.25, 0.3) is 5.91 Å². The molecule has 2 aromatic carbocycles. The zero-order valence-electron chi connectivity index (χ0n) is 14.2. The number of amides is 1. The third-order valence-electron chi connectivity index (χ3n) is 4.56. The van der Waals surface area contributed by atoms with Gasteiger partial charge in [-0.1, -0.05) is 23.7 Å². The predicted octanol–water partition coefficient (Wildman–Crippen LogP) is 4.86. The Bertz CT molecular complexity index is 911. The number of carbonyl (C=O) groups is 1. The van der Waals surface area contributed by atoms with Crippen molar-refractivity contribution in [2.45, 2.75) is 33.9 Å². The Morgan fingerprint density at radius 2 is 1.96 bits per heavy atom. The van der Waals surface area contributed by atoms with Crippen molar-refractivity contribution >= 4 is 28.4 Å². The number of fused-ring (bicyclic) bond motifs is 1. The SMILES string of the molecule is CCn1c(C)c(C)c2cc(C(=O)NCc3cccc(Cl)c3)ccc21. The predicted molar refractivity (Wildman–Crippen MR) is 99.7 cm³/mol. The highest BCUT2D eigenvalue weighted by atomic mass is 35.5. The molecule has 0 aliphatic rings. The van der Waals surface area contributed by atoms with Crippen molar-refractivity contribution in [2.24, 2.45) is 0 Å². The number of nitrogens with one attached hydrogen (secondary N) is 1. The molecule has 0 saturated carbocycles. The summed E-state index contributed by atoms with van der Waals surface area (Å²) in [7, 11) is 0. The summed E-state index contributed by atoms with van der Waals surface area (Å²) in [6.45, 7) is 7.76. The van der Waals surface area contributed by atoms with Gasteiger partial charge in [0.2, 0.25) is 0 Å². The van der Waals surface area contributed by atoms with Crippen molar-refractivity contribution in [3.63, 3.8) is 0 Å². The van der Waals surface area contributed by atoms with E-state index in [1.165, 1.54) is 16.8 Å². The fourth-order valence-electron chi connectivity index (χ4n) is 3.13. The van der Waals surface area contributed by atoms with E-state index in [2.05, 4.69) is 30.7 Å². The van der Waals surface area contributed by atoms with Crippen LogP contribution in [-0.2, 0) is 13.1 Å². The van der Waals surface area contributed by atoms with Crippen LogP contribution in [0.4, 0.5) is 0 Å². The number of rotatable bonds is 4. The number of carbonyl (C=O) groups excluding carboxylic acids is 1. The van der Waals surface area contributed by atoms with Gasteiger partial charge in [0, 0.05) is 40.3 Å². The number of benzene rings is 2. The molecule has 24 heavy (non-hydrogen) atoms. The molecule has 1 N–H and O–H groups in total. The van der Waals surface area contributed by atoms with Gasteiger partial charge in [0.1, 0.15) is 0 Å². The normalized spacial score (nSPS) is 11.0. The fourth-order valence-corrected chi connectivity index (χ4v) is 3.34. The van der Waals surface area contributed by atoms with Crippen LogP contribution in [0.3, 0.4) is 0 Å². The first kappa shape index (κ1) is 16.6. The second kappa shape index (κ2) is 6.70. The highest BCUT2D eigenvalue weighted by Crippen LogP contribution is 2.26. The lowest BCUT2D eigenvalue weighted by Crippen LogP contribution is -2.22. The fraction of sp³-hybridized carbons (Fsp3) is 0.250. The average molecular weight is 341 g/mol. The maximum atomic E-state index is 12.5. The second-order valence-corrected chi connectivity index (χ2v) is 6.44. The van der Waals surface area contributed by atoms with Crippen LogP contribution in [0, 0.1) is 13.8 Å². The quantitative estimate of drug-likeness (QED) is 0.723. The zero-order valence-corrected chi connectivity index (χ0v) is 14.9. The van der Waals surface area contributed by atoms with E-state index < -0.39 is 0 Å². The van der Waals surface area contributed by atoms with E-state index in [0.29, 0.717) is 17.1 Å².